The fourth-order valence-electron chi connectivity index (χ4n) is 1.98. The van der Waals surface area contributed by atoms with Gasteiger partial charge in [-0.05, 0) is 25.1 Å². The molecule has 0 amide bonds. The van der Waals surface area contributed by atoms with E-state index in [2.05, 4.69) is 15.0 Å². The lowest BCUT2D eigenvalue weighted by molar-refractivity contribution is 0.909. The van der Waals surface area contributed by atoms with Crippen LogP contribution in [0, 0.1) is 6.92 Å². The molecular weight excluding hydrogens is 242 g/mol. The van der Waals surface area contributed by atoms with Crippen LogP contribution in [0.1, 0.15) is 5.69 Å². The molecule has 3 heterocycles. The molecule has 0 fully saturated rings. The van der Waals surface area contributed by atoms with E-state index in [4.69, 9.17) is 5.73 Å². The quantitative estimate of drug-likeness (QED) is 0.700. The van der Waals surface area contributed by atoms with Gasteiger partial charge in [-0.1, -0.05) is 6.07 Å². The molecule has 0 bridgehead atoms. The highest BCUT2D eigenvalue weighted by molar-refractivity contribution is 5.89. The Balaban J connectivity index is 2.43. The van der Waals surface area contributed by atoms with E-state index < -0.39 is 5.69 Å². The molecule has 0 aromatic carbocycles. The Morgan fingerprint density at radius 2 is 2.00 bits per heavy atom. The highest BCUT2D eigenvalue weighted by Crippen LogP contribution is 2.20. The van der Waals surface area contributed by atoms with Crippen molar-refractivity contribution in [2.75, 3.05) is 5.73 Å². The zero-order chi connectivity index (χ0) is 13.4. The van der Waals surface area contributed by atoms with Crippen LogP contribution in [0.25, 0.3) is 16.7 Å². The molecule has 0 unspecified atom stereocenters. The molecule has 6 nitrogen and oxygen atoms in total. The van der Waals surface area contributed by atoms with Gasteiger partial charge < -0.3 is 5.73 Å². The number of hydrogen-bond donors (Lipinski definition) is 1. The van der Waals surface area contributed by atoms with E-state index in [0.717, 1.165) is 0 Å². The monoisotopic (exact) mass is 253 g/mol. The first-order chi connectivity index (χ1) is 9.18. The number of nitrogens with zero attached hydrogens (tertiary/aromatic N) is 4. The average molecular weight is 253 g/mol. The first-order valence-corrected chi connectivity index (χ1v) is 5.74. The molecule has 3 aromatic rings. The van der Waals surface area contributed by atoms with E-state index >= 15 is 0 Å². The number of aryl methyl sites for hydroxylation is 1. The second kappa shape index (κ2) is 4.16. The van der Waals surface area contributed by atoms with Gasteiger partial charge in [0.2, 0.25) is 0 Å². The third-order valence-corrected chi connectivity index (χ3v) is 2.90. The molecule has 0 aliphatic carbocycles. The van der Waals surface area contributed by atoms with Gasteiger partial charge in [-0.15, -0.1) is 0 Å². The van der Waals surface area contributed by atoms with E-state index in [1.807, 2.05) is 0 Å². The predicted molar refractivity (Wildman–Crippen MR) is 72.1 cm³/mol. The topological polar surface area (TPSA) is 86.7 Å². The second-order valence-corrected chi connectivity index (χ2v) is 4.10. The lowest BCUT2D eigenvalue weighted by Crippen LogP contribution is -2.25. The number of anilines is 1. The van der Waals surface area contributed by atoms with Gasteiger partial charge in [0.15, 0.2) is 0 Å². The lowest BCUT2D eigenvalue weighted by atomic mass is 10.2. The summed E-state index contributed by atoms with van der Waals surface area (Å²) in [6.07, 6.45) is 3.24. The van der Waals surface area contributed by atoms with E-state index in [1.165, 1.54) is 4.57 Å². The van der Waals surface area contributed by atoms with Crippen molar-refractivity contribution in [3.63, 3.8) is 0 Å². The van der Waals surface area contributed by atoms with Crippen LogP contribution in [-0.2, 0) is 0 Å². The molecule has 0 saturated heterocycles. The molecule has 3 rings (SSSR count). The van der Waals surface area contributed by atoms with Gasteiger partial charge in [0.25, 0.3) is 0 Å². The summed E-state index contributed by atoms with van der Waals surface area (Å²) < 4.78 is 1.29. The molecule has 6 heteroatoms. The van der Waals surface area contributed by atoms with Gasteiger partial charge in [0.05, 0.1) is 5.69 Å². The number of hydrogen-bond acceptors (Lipinski definition) is 5. The van der Waals surface area contributed by atoms with Crippen molar-refractivity contribution >= 4 is 16.7 Å². The van der Waals surface area contributed by atoms with E-state index in [0.29, 0.717) is 28.2 Å². The zero-order valence-electron chi connectivity index (χ0n) is 10.2. The predicted octanol–water partition coefficient (Wildman–Crippen LogP) is 1.07. The van der Waals surface area contributed by atoms with Crippen LogP contribution in [0.5, 0.6) is 0 Å². The molecule has 0 aliphatic heterocycles. The highest BCUT2D eigenvalue weighted by Gasteiger charge is 2.12. The second-order valence-electron chi connectivity index (χ2n) is 4.10. The minimum absolute atomic E-state index is 0.319. The maximum absolute atomic E-state index is 12.1. The minimum Gasteiger partial charge on any atom is -0.384 e. The van der Waals surface area contributed by atoms with Crippen LogP contribution < -0.4 is 11.4 Å². The Morgan fingerprint density at radius 3 is 2.74 bits per heavy atom. The van der Waals surface area contributed by atoms with Crippen molar-refractivity contribution < 1.29 is 0 Å². The third kappa shape index (κ3) is 1.74. The van der Waals surface area contributed by atoms with Crippen molar-refractivity contribution in [2.45, 2.75) is 6.92 Å². The zero-order valence-corrected chi connectivity index (χ0v) is 10.2. The number of fused-ring (bicyclic) bond motifs is 1. The minimum atomic E-state index is -0.459. The van der Waals surface area contributed by atoms with Gasteiger partial charge in [-0.25, -0.2) is 14.3 Å². The molecule has 2 N–H and O–H groups in total. The summed E-state index contributed by atoms with van der Waals surface area (Å²) in [6.45, 7) is 1.79. The molecular formula is C13H11N5O. The smallest absolute Gasteiger partial charge is 0.355 e. The Hall–Kier alpha value is -2.76. The van der Waals surface area contributed by atoms with Crippen LogP contribution in [0.2, 0.25) is 0 Å². The fourth-order valence-corrected chi connectivity index (χ4v) is 1.98. The van der Waals surface area contributed by atoms with E-state index in [1.54, 1.807) is 43.6 Å². The molecule has 0 radical (unpaired) electrons. The average Bonchev–Trinajstić information content (AvgIpc) is 2.41. The van der Waals surface area contributed by atoms with Gasteiger partial charge in [0.1, 0.15) is 17.2 Å². The van der Waals surface area contributed by atoms with Crippen LogP contribution in [0.3, 0.4) is 0 Å². The van der Waals surface area contributed by atoms with Crippen LogP contribution in [-0.4, -0.2) is 19.5 Å². The summed E-state index contributed by atoms with van der Waals surface area (Å²) in [5, 5.41) is 0.692. The standard InChI is InChI=1S/C13H11N5O/c1-8-11-9(5-7-15-8)12(14)18(13(19)17-11)10-4-2-3-6-16-10/h2-7H,14H2,1H3. The maximum Gasteiger partial charge on any atom is 0.355 e. The van der Waals surface area contributed by atoms with Crippen LogP contribution >= 0.6 is 0 Å². The summed E-state index contributed by atoms with van der Waals surface area (Å²) in [5.74, 6) is 0.771. The molecule has 0 aliphatic rings. The summed E-state index contributed by atoms with van der Waals surface area (Å²) in [5.41, 5.74) is 6.82. The van der Waals surface area contributed by atoms with Crippen molar-refractivity contribution in [2.24, 2.45) is 0 Å². The van der Waals surface area contributed by atoms with Crippen LogP contribution in [0.15, 0.2) is 41.5 Å². The number of rotatable bonds is 1. The number of pyridine rings is 2. The molecule has 0 spiro atoms. The largest absolute Gasteiger partial charge is 0.384 e. The molecule has 0 atom stereocenters. The van der Waals surface area contributed by atoms with Crippen molar-refractivity contribution in [3.05, 3.63) is 52.8 Å². The number of nitrogens with two attached hydrogens (primary N) is 1. The summed E-state index contributed by atoms with van der Waals surface area (Å²) >= 11 is 0. The van der Waals surface area contributed by atoms with Crippen molar-refractivity contribution in [3.8, 4) is 5.82 Å². The summed E-state index contributed by atoms with van der Waals surface area (Å²) in [7, 11) is 0. The molecule has 0 saturated carbocycles. The summed E-state index contributed by atoms with van der Waals surface area (Å²) in [4.78, 5) is 24.4. The van der Waals surface area contributed by atoms with Gasteiger partial charge in [0, 0.05) is 17.8 Å². The maximum atomic E-state index is 12.1. The first kappa shape index (κ1) is 11.3. The van der Waals surface area contributed by atoms with E-state index in [-0.39, 0.29) is 0 Å². The SMILES string of the molecule is Cc1nccc2c(N)n(-c3ccccn3)c(=O)nc12. The van der Waals surface area contributed by atoms with Crippen LogP contribution in [0.4, 0.5) is 5.82 Å². The fraction of sp³-hybridized carbons (Fsp3) is 0.0769. The summed E-state index contributed by atoms with van der Waals surface area (Å²) in [6, 6.07) is 7.01. The highest BCUT2D eigenvalue weighted by atomic mass is 16.1. The van der Waals surface area contributed by atoms with Gasteiger partial charge in [-0.3, -0.25) is 4.98 Å². The Kier molecular flexibility index (Phi) is 2.49. The Bertz CT molecular complexity index is 810. The Morgan fingerprint density at radius 1 is 1.16 bits per heavy atom. The Labute approximate surface area is 108 Å². The number of nitrogen functional groups attached to an aromatic ring is 1. The number of aromatic nitrogens is 4. The molecule has 3 aromatic heterocycles. The third-order valence-electron chi connectivity index (χ3n) is 2.90. The molecule has 19 heavy (non-hydrogen) atoms. The van der Waals surface area contributed by atoms with Gasteiger partial charge >= 0.3 is 5.69 Å². The van der Waals surface area contributed by atoms with Crippen molar-refractivity contribution in [1.82, 2.24) is 19.5 Å². The normalized spacial score (nSPS) is 10.8. The van der Waals surface area contributed by atoms with Gasteiger partial charge in [-0.2, -0.15) is 4.98 Å². The van der Waals surface area contributed by atoms with E-state index in [9.17, 15) is 4.79 Å². The lowest BCUT2D eigenvalue weighted by Gasteiger charge is -2.10. The van der Waals surface area contributed by atoms with Crippen molar-refractivity contribution in [1.29, 1.82) is 0 Å². The molecule has 94 valence electrons. The first-order valence-electron chi connectivity index (χ1n) is 5.74.